The molecular weight excluding hydrogens is 419 g/mol. The van der Waals surface area contributed by atoms with Crippen molar-refractivity contribution < 1.29 is 0 Å². The van der Waals surface area contributed by atoms with Crippen LogP contribution in [0.5, 0.6) is 0 Å². The molecule has 4 atom stereocenters. The fourth-order valence-electron chi connectivity index (χ4n) is 5.69. The Kier molecular flexibility index (Phi) is 4.00. The predicted octanol–water partition coefficient (Wildman–Crippen LogP) is 8.26. The van der Waals surface area contributed by atoms with E-state index in [1.807, 2.05) is 12.1 Å². The first-order valence-electron chi connectivity index (χ1n) is 9.86. The number of allylic oxidation sites excluding steroid dienone is 4. The van der Waals surface area contributed by atoms with Gasteiger partial charge < -0.3 is 0 Å². The average molecular weight is 436 g/mol. The SMILES string of the molecule is Clc1cc(-c2cccc3c2C2c4ccccc4C3C3C=CC=CC23)cc(Cl)c1Cl. The van der Waals surface area contributed by atoms with Gasteiger partial charge in [-0.15, -0.1) is 0 Å². The first-order valence-corrected chi connectivity index (χ1v) is 11.0. The van der Waals surface area contributed by atoms with E-state index in [4.69, 9.17) is 34.8 Å². The van der Waals surface area contributed by atoms with Crippen LogP contribution in [0.15, 0.2) is 78.9 Å². The molecule has 29 heavy (non-hydrogen) atoms. The van der Waals surface area contributed by atoms with Gasteiger partial charge in [-0.25, -0.2) is 0 Å². The summed E-state index contributed by atoms with van der Waals surface area (Å²) in [5, 5.41) is 1.40. The second kappa shape index (κ2) is 6.51. The molecule has 2 bridgehead atoms. The quantitative estimate of drug-likeness (QED) is 0.337. The highest BCUT2D eigenvalue weighted by Gasteiger charge is 2.49. The van der Waals surface area contributed by atoms with E-state index in [9.17, 15) is 0 Å². The molecule has 0 aromatic heterocycles. The molecule has 0 nitrogen and oxygen atoms in total. The Balaban J connectivity index is 1.65. The van der Waals surface area contributed by atoms with Crippen molar-refractivity contribution in [1.29, 1.82) is 0 Å². The Hall–Kier alpha value is -1.99. The lowest BCUT2D eigenvalue weighted by Crippen LogP contribution is -2.39. The molecule has 0 amide bonds. The molecule has 0 saturated carbocycles. The van der Waals surface area contributed by atoms with Gasteiger partial charge in [0.1, 0.15) is 0 Å². The fraction of sp³-hybridized carbons (Fsp3) is 0.154. The third kappa shape index (κ3) is 2.46. The molecule has 4 aliphatic carbocycles. The van der Waals surface area contributed by atoms with Gasteiger partial charge in [-0.3, -0.25) is 0 Å². The number of hydrogen-bond donors (Lipinski definition) is 0. The number of halogens is 3. The van der Waals surface area contributed by atoms with Gasteiger partial charge in [0.15, 0.2) is 0 Å². The number of hydrogen-bond acceptors (Lipinski definition) is 0. The zero-order valence-electron chi connectivity index (χ0n) is 15.4. The summed E-state index contributed by atoms with van der Waals surface area (Å²) in [6.07, 6.45) is 9.18. The molecule has 0 N–H and O–H groups in total. The second-order valence-corrected chi connectivity index (χ2v) is 9.26. The van der Waals surface area contributed by atoms with Gasteiger partial charge in [0.05, 0.1) is 15.1 Å². The van der Waals surface area contributed by atoms with Crippen molar-refractivity contribution in [3.05, 3.63) is 116 Å². The fourth-order valence-corrected chi connectivity index (χ4v) is 6.28. The van der Waals surface area contributed by atoms with Crippen LogP contribution in [-0.2, 0) is 0 Å². The molecule has 0 saturated heterocycles. The van der Waals surface area contributed by atoms with E-state index < -0.39 is 0 Å². The molecule has 3 aromatic carbocycles. The first-order chi connectivity index (χ1) is 14.1. The summed E-state index contributed by atoms with van der Waals surface area (Å²) >= 11 is 19.0. The maximum Gasteiger partial charge on any atom is 0.0778 e. The van der Waals surface area contributed by atoms with Crippen molar-refractivity contribution in [3.8, 4) is 11.1 Å². The summed E-state index contributed by atoms with van der Waals surface area (Å²) in [5.74, 6) is 1.66. The summed E-state index contributed by atoms with van der Waals surface area (Å²) in [6.45, 7) is 0. The molecule has 0 radical (unpaired) electrons. The summed E-state index contributed by atoms with van der Waals surface area (Å²) in [7, 11) is 0. The second-order valence-electron chi connectivity index (χ2n) is 8.07. The van der Waals surface area contributed by atoms with Gasteiger partial charge in [-0.2, -0.15) is 0 Å². The van der Waals surface area contributed by atoms with Crippen molar-refractivity contribution in [3.63, 3.8) is 0 Å². The van der Waals surface area contributed by atoms with Crippen LogP contribution in [0.3, 0.4) is 0 Å². The molecule has 4 aliphatic rings. The maximum atomic E-state index is 6.39. The molecule has 3 heteroatoms. The van der Waals surface area contributed by atoms with Gasteiger partial charge in [-0.05, 0) is 57.3 Å². The lowest BCUT2D eigenvalue weighted by molar-refractivity contribution is 0.332. The van der Waals surface area contributed by atoms with E-state index >= 15 is 0 Å². The molecule has 7 rings (SSSR count). The Morgan fingerprint density at radius 2 is 1.21 bits per heavy atom. The van der Waals surface area contributed by atoms with E-state index in [1.165, 1.54) is 27.8 Å². The molecule has 0 aliphatic heterocycles. The first kappa shape index (κ1) is 17.8. The van der Waals surface area contributed by atoms with Crippen LogP contribution in [-0.4, -0.2) is 0 Å². The van der Waals surface area contributed by atoms with Crippen molar-refractivity contribution in [2.75, 3.05) is 0 Å². The summed E-state index contributed by atoms with van der Waals surface area (Å²) in [5.41, 5.74) is 7.98. The van der Waals surface area contributed by atoms with Crippen molar-refractivity contribution in [2.24, 2.45) is 11.8 Å². The lowest BCUT2D eigenvalue weighted by Gasteiger charge is -2.50. The molecule has 4 unspecified atom stereocenters. The van der Waals surface area contributed by atoms with Gasteiger partial charge in [0.25, 0.3) is 0 Å². The van der Waals surface area contributed by atoms with Crippen LogP contribution in [0.4, 0.5) is 0 Å². The Bertz CT molecular complexity index is 1200. The molecular formula is C26H17Cl3. The number of rotatable bonds is 1. The van der Waals surface area contributed by atoms with Crippen LogP contribution in [0.1, 0.15) is 34.1 Å². The van der Waals surface area contributed by atoms with Crippen molar-refractivity contribution in [2.45, 2.75) is 11.8 Å². The topological polar surface area (TPSA) is 0 Å². The normalized spacial score (nSPS) is 25.5. The van der Waals surface area contributed by atoms with Gasteiger partial charge in [-0.1, -0.05) is 102 Å². The molecule has 0 fully saturated rings. The van der Waals surface area contributed by atoms with Crippen LogP contribution in [0.2, 0.25) is 15.1 Å². The predicted molar refractivity (Wildman–Crippen MR) is 122 cm³/mol. The van der Waals surface area contributed by atoms with Gasteiger partial charge >= 0.3 is 0 Å². The van der Waals surface area contributed by atoms with Crippen LogP contribution in [0.25, 0.3) is 11.1 Å². The van der Waals surface area contributed by atoms with Gasteiger partial charge in [0, 0.05) is 11.8 Å². The zero-order valence-corrected chi connectivity index (χ0v) is 17.7. The highest BCUT2D eigenvalue weighted by Crippen LogP contribution is 2.61. The monoisotopic (exact) mass is 434 g/mol. The smallest absolute Gasteiger partial charge is 0.0778 e. The largest absolute Gasteiger partial charge is 0.0826 e. The van der Waals surface area contributed by atoms with Crippen LogP contribution in [0, 0.1) is 11.8 Å². The molecule has 142 valence electrons. The third-order valence-electron chi connectivity index (χ3n) is 6.74. The third-order valence-corrected chi connectivity index (χ3v) is 7.94. The Labute approximate surface area is 185 Å². The Morgan fingerprint density at radius 3 is 1.90 bits per heavy atom. The molecule has 0 heterocycles. The van der Waals surface area contributed by atoms with Crippen molar-refractivity contribution >= 4 is 34.8 Å². The minimum Gasteiger partial charge on any atom is -0.0826 e. The van der Waals surface area contributed by atoms with Crippen LogP contribution >= 0.6 is 34.8 Å². The van der Waals surface area contributed by atoms with Crippen LogP contribution < -0.4 is 0 Å². The highest BCUT2D eigenvalue weighted by atomic mass is 35.5. The van der Waals surface area contributed by atoms with Crippen molar-refractivity contribution in [1.82, 2.24) is 0 Å². The van der Waals surface area contributed by atoms with Gasteiger partial charge in [0.2, 0.25) is 0 Å². The lowest BCUT2D eigenvalue weighted by atomic mass is 9.52. The minimum atomic E-state index is 0.321. The van der Waals surface area contributed by atoms with E-state index in [-0.39, 0.29) is 0 Å². The maximum absolute atomic E-state index is 6.39. The number of benzene rings is 3. The summed E-state index contributed by atoms with van der Waals surface area (Å²) in [4.78, 5) is 0. The summed E-state index contributed by atoms with van der Waals surface area (Å²) < 4.78 is 0. The highest BCUT2D eigenvalue weighted by molar-refractivity contribution is 6.48. The molecule has 3 aromatic rings. The molecule has 0 spiro atoms. The standard InChI is InChI=1S/C26H17Cl3/c27-21-12-14(13-22(28)26(21)29)15-10-5-11-20-23-16-6-1-3-8-18(16)25(24(15)20)19-9-4-2-7-17(19)23/h1-13,16,18,23,25H. The minimum absolute atomic E-state index is 0.321. The van der Waals surface area contributed by atoms with E-state index in [0.29, 0.717) is 38.7 Å². The van der Waals surface area contributed by atoms with E-state index in [2.05, 4.69) is 66.8 Å². The van der Waals surface area contributed by atoms with E-state index in [0.717, 1.165) is 5.56 Å². The summed E-state index contributed by atoms with van der Waals surface area (Å²) in [6, 6.07) is 19.5. The average Bonchev–Trinajstić information content (AvgIpc) is 2.76. The Morgan fingerprint density at radius 1 is 0.621 bits per heavy atom. The van der Waals surface area contributed by atoms with E-state index in [1.54, 1.807) is 0 Å². The zero-order chi connectivity index (χ0) is 19.7.